The zero-order valence-electron chi connectivity index (χ0n) is 9.35. The standard InChI is InChI=1S/C11H11ClN2O3/c1-6(17-2)9-7(11(15)16)5-13-14-4-3-8(12)10(9)14/h3-6H,1-2H3,(H,15,16). The molecule has 0 radical (unpaired) electrons. The van der Waals surface area contributed by atoms with Crippen LogP contribution in [0.5, 0.6) is 0 Å². The predicted octanol–water partition coefficient (Wildman–Crippen LogP) is 2.39. The second-order valence-corrected chi connectivity index (χ2v) is 4.02. The fourth-order valence-corrected chi connectivity index (χ4v) is 2.01. The van der Waals surface area contributed by atoms with Crippen LogP contribution in [-0.2, 0) is 4.74 Å². The highest BCUT2D eigenvalue weighted by molar-refractivity contribution is 6.34. The van der Waals surface area contributed by atoms with Crippen molar-refractivity contribution in [3.8, 4) is 0 Å². The second kappa shape index (κ2) is 4.35. The maximum Gasteiger partial charge on any atom is 0.337 e. The molecule has 5 nitrogen and oxygen atoms in total. The van der Waals surface area contributed by atoms with Gasteiger partial charge in [0.2, 0.25) is 0 Å². The van der Waals surface area contributed by atoms with E-state index in [1.807, 2.05) is 0 Å². The molecule has 6 heteroatoms. The van der Waals surface area contributed by atoms with Crippen molar-refractivity contribution in [2.75, 3.05) is 7.11 Å². The molecule has 0 aliphatic carbocycles. The molecule has 1 N–H and O–H groups in total. The molecule has 0 spiro atoms. The summed E-state index contributed by atoms with van der Waals surface area (Å²) in [6.45, 7) is 1.77. The fraction of sp³-hybridized carbons (Fsp3) is 0.273. The van der Waals surface area contributed by atoms with Gasteiger partial charge < -0.3 is 9.84 Å². The first-order valence-electron chi connectivity index (χ1n) is 4.98. The quantitative estimate of drug-likeness (QED) is 0.913. The number of halogens is 1. The van der Waals surface area contributed by atoms with E-state index in [-0.39, 0.29) is 11.7 Å². The molecule has 0 aliphatic rings. The van der Waals surface area contributed by atoms with Crippen LogP contribution in [-0.4, -0.2) is 27.8 Å². The van der Waals surface area contributed by atoms with Gasteiger partial charge in [0.05, 0.1) is 28.4 Å². The van der Waals surface area contributed by atoms with Crippen molar-refractivity contribution in [1.82, 2.24) is 9.61 Å². The topological polar surface area (TPSA) is 63.8 Å². The third-order valence-corrected chi connectivity index (χ3v) is 2.97. The van der Waals surface area contributed by atoms with Gasteiger partial charge in [0.1, 0.15) is 0 Å². The number of carboxylic acids is 1. The molecular weight excluding hydrogens is 244 g/mol. The zero-order valence-corrected chi connectivity index (χ0v) is 10.1. The number of rotatable bonds is 3. The summed E-state index contributed by atoms with van der Waals surface area (Å²) in [5.74, 6) is -1.05. The number of carboxylic acid groups (broad SMARTS) is 1. The van der Waals surface area contributed by atoms with Gasteiger partial charge in [0.15, 0.2) is 0 Å². The Hall–Kier alpha value is -1.59. The molecule has 0 amide bonds. The molecule has 0 bridgehead atoms. The molecule has 0 saturated carbocycles. The summed E-state index contributed by atoms with van der Waals surface area (Å²) in [4.78, 5) is 11.2. The van der Waals surface area contributed by atoms with Crippen LogP contribution in [0.15, 0.2) is 18.5 Å². The number of ether oxygens (including phenoxy) is 1. The van der Waals surface area contributed by atoms with E-state index in [1.165, 1.54) is 13.3 Å². The fourth-order valence-electron chi connectivity index (χ4n) is 1.76. The third-order valence-electron chi connectivity index (χ3n) is 2.66. The molecule has 0 saturated heterocycles. The Bertz CT molecular complexity index is 579. The van der Waals surface area contributed by atoms with Gasteiger partial charge in [-0.05, 0) is 13.0 Å². The van der Waals surface area contributed by atoms with Crippen molar-refractivity contribution in [1.29, 1.82) is 0 Å². The lowest BCUT2D eigenvalue weighted by Gasteiger charge is -2.14. The van der Waals surface area contributed by atoms with Crippen LogP contribution < -0.4 is 0 Å². The molecule has 2 rings (SSSR count). The Morgan fingerprint density at radius 1 is 1.65 bits per heavy atom. The summed E-state index contributed by atoms with van der Waals surface area (Å²) in [5, 5.41) is 13.6. The number of aromatic nitrogens is 2. The van der Waals surface area contributed by atoms with Gasteiger partial charge in [-0.1, -0.05) is 11.6 Å². The Labute approximate surface area is 103 Å². The Kier molecular flexibility index (Phi) is 3.04. The van der Waals surface area contributed by atoms with Crippen LogP contribution in [0.25, 0.3) is 5.52 Å². The van der Waals surface area contributed by atoms with Crippen molar-refractivity contribution < 1.29 is 14.6 Å². The first-order valence-corrected chi connectivity index (χ1v) is 5.36. The van der Waals surface area contributed by atoms with Crippen molar-refractivity contribution in [2.45, 2.75) is 13.0 Å². The summed E-state index contributed by atoms with van der Waals surface area (Å²) in [7, 11) is 1.52. The maximum absolute atomic E-state index is 11.2. The van der Waals surface area contributed by atoms with Crippen LogP contribution >= 0.6 is 11.6 Å². The number of methoxy groups -OCH3 is 1. The number of nitrogens with zero attached hydrogens (tertiary/aromatic N) is 2. The summed E-state index contributed by atoms with van der Waals surface area (Å²) in [5.41, 5.74) is 1.21. The van der Waals surface area contributed by atoms with Crippen LogP contribution in [0.4, 0.5) is 0 Å². The highest BCUT2D eigenvalue weighted by atomic mass is 35.5. The summed E-state index contributed by atoms with van der Waals surface area (Å²) in [6, 6.07) is 1.67. The van der Waals surface area contributed by atoms with Gasteiger partial charge in [-0.3, -0.25) is 0 Å². The van der Waals surface area contributed by atoms with Crippen molar-refractivity contribution in [2.24, 2.45) is 0 Å². The van der Waals surface area contributed by atoms with Gasteiger partial charge in [0.25, 0.3) is 0 Å². The van der Waals surface area contributed by atoms with Gasteiger partial charge in [-0.25, -0.2) is 9.31 Å². The molecule has 2 aromatic rings. The first-order chi connectivity index (χ1) is 8.06. The molecule has 0 aromatic carbocycles. The van der Waals surface area contributed by atoms with Crippen molar-refractivity contribution in [3.05, 3.63) is 34.6 Å². The lowest BCUT2D eigenvalue weighted by Crippen LogP contribution is -2.10. The van der Waals surface area contributed by atoms with Gasteiger partial charge in [0, 0.05) is 18.9 Å². The molecule has 1 atom stereocenters. The first kappa shape index (κ1) is 11.9. The summed E-state index contributed by atoms with van der Waals surface area (Å²) < 4.78 is 6.74. The van der Waals surface area contributed by atoms with Gasteiger partial charge in [-0.15, -0.1) is 0 Å². The predicted molar refractivity (Wildman–Crippen MR) is 62.6 cm³/mol. The lowest BCUT2D eigenvalue weighted by atomic mass is 10.1. The SMILES string of the molecule is COC(C)c1c(C(=O)O)cnn2ccc(Cl)c12. The average molecular weight is 255 g/mol. The Morgan fingerprint density at radius 3 is 2.94 bits per heavy atom. The molecule has 90 valence electrons. The van der Waals surface area contributed by atoms with Gasteiger partial charge in [-0.2, -0.15) is 5.10 Å². The highest BCUT2D eigenvalue weighted by Gasteiger charge is 2.21. The molecular formula is C11H11ClN2O3. The summed E-state index contributed by atoms with van der Waals surface area (Å²) >= 11 is 6.05. The zero-order chi connectivity index (χ0) is 12.6. The third kappa shape index (κ3) is 1.87. The van der Waals surface area contributed by atoms with E-state index in [4.69, 9.17) is 21.4 Å². The van der Waals surface area contributed by atoms with E-state index in [2.05, 4.69) is 5.10 Å². The van der Waals surface area contributed by atoms with Crippen molar-refractivity contribution in [3.63, 3.8) is 0 Å². The highest BCUT2D eigenvalue weighted by Crippen LogP contribution is 2.30. The Balaban J connectivity index is 2.83. The molecule has 0 fully saturated rings. The molecule has 2 aromatic heterocycles. The van der Waals surface area contributed by atoms with Crippen LogP contribution in [0.2, 0.25) is 5.02 Å². The molecule has 17 heavy (non-hydrogen) atoms. The number of carbonyl (C=O) groups is 1. The van der Waals surface area contributed by atoms with E-state index in [0.29, 0.717) is 16.1 Å². The van der Waals surface area contributed by atoms with E-state index in [9.17, 15) is 4.79 Å². The Morgan fingerprint density at radius 2 is 2.35 bits per heavy atom. The van der Waals surface area contributed by atoms with Crippen molar-refractivity contribution >= 4 is 23.1 Å². The second-order valence-electron chi connectivity index (χ2n) is 3.61. The number of aromatic carboxylic acids is 1. The lowest BCUT2D eigenvalue weighted by molar-refractivity contribution is 0.0683. The summed E-state index contributed by atoms with van der Waals surface area (Å²) in [6.07, 6.45) is 2.60. The van der Waals surface area contributed by atoms with Crippen LogP contribution in [0.3, 0.4) is 0 Å². The maximum atomic E-state index is 11.2. The molecule has 0 aliphatic heterocycles. The van der Waals surface area contributed by atoms with Gasteiger partial charge >= 0.3 is 5.97 Å². The molecule has 2 heterocycles. The van der Waals surface area contributed by atoms with E-state index in [1.54, 1.807) is 23.7 Å². The minimum atomic E-state index is -1.05. The minimum absolute atomic E-state index is 0.104. The van der Waals surface area contributed by atoms with E-state index >= 15 is 0 Å². The smallest absolute Gasteiger partial charge is 0.337 e. The molecule has 1 unspecified atom stereocenters. The van der Waals surface area contributed by atoms with E-state index in [0.717, 1.165) is 0 Å². The largest absolute Gasteiger partial charge is 0.478 e. The monoisotopic (exact) mass is 254 g/mol. The minimum Gasteiger partial charge on any atom is -0.478 e. The average Bonchev–Trinajstić information content (AvgIpc) is 2.69. The number of fused-ring (bicyclic) bond motifs is 1. The normalized spacial score (nSPS) is 12.9. The number of hydrogen-bond donors (Lipinski definition) is 1. The van der Waals surface area contributed by atoms with Crippen LogP contribution in [0, 0.1) is 0 Å². The number of hydrogen-bond acceptors (Lipinski definition) is 3. The van der Waals surface area contributed by atoms with Crippen LogP contribution in [0.1, 0.15) is 28.9 Å². The van der Waals surface area contributed by atoms with E-state index < -0.39 is 5.97 Å².